The second-order valence-electron chi connectivity index (χ2n) is 6.93. The van der Waals surface area contributed by atoms with Crippen molar-refractivity contribution in [2.45, 2.75) is 25.8 Å². The van der Waals surface area contributed by atoms with Crippen LogP contribution in [0.15, 0.2) is 55.0 Å². The molecule has 3 aromatic rings. The molecule has 1 amide bonds. The van der Waals surface area contributed by atoms with Gasteiger partial charge in [-0.15, -0.1) is 0 Å². The number of hydrogen-bond acceptors (Lipinski definition) is 3. The summed E-state index contributed by atoms with van der Waals surface area (Å²) in [4.78, 5) is 21.6. The van der Waals surface area contributed by atoms with Crippen LogP contribution < -0.4 is 5.32 Å². The third-order valence-electron chi connectivity index (χ3n) is 4.95. The molecule has 1 aliphatic carbocycles. The van der Waals surface area contributed by atoms with E-state index in [-0.39, 0.29) is 11.9 Å². The van der Waals surface area contributed by atoms with Crippen LogP contribution in [0.2, 0.25) is 0 Å². The van der Waals surface area contributed by atoms with E-state index in [9.17, 15) is 4.79 Å². The highest BCUT2D eigenvalue weighted by Gasteiger charge is 2.35. The van der Waals surface area contributed by atoms with Gasteiger partial charge in [-0.3, -0.25) is 9.78 Å². The van der Waals surface area contributed by atoms with Gasteiger partial charge in [-0.05, 0) is 49.4 Å². The van der Waals surface area contributed by atoms with Gasteiger partial charge in [-0.2, -0.15) is 0 Å². The van der Waals surface area contributed by atoms with Crippen LogP contribution in [0.1, 0.15) is 40.5 Å². The van der Waals surface area contributed by atoms with Gasteiger partial charge in [0.1, 0.15) is 5.82 Å². The SMILES string of the molecule is Cc1cccnc1[C@H](NC(=O)c1ccc(-c2nccn2C)cc1)C1CC1. The van der Waals surface area contributed by atoms with E-state index in [1.807, 2.05) is 61.1 Å². The summed E-state index contributed by atoms with van der Waals surface area (Å²) >= 11 is 0. The highest BCUT2D eigenvalue weighted by molar-refractivity contribution is 5.94. The second-order valence-corrected chi connectivity index (χ2v) is 6.93. The zero-order valence-electron chi connectivity index (χ0n) is 15.0. The number of amides is 1. The molecule has 0 bridgehead atoms. The molecule has 132 valence electrons. The summed E-state index contributed by atoms with van der Waals surface area (Å²) in [6.45, 7) is 2.05. The van der Waals surface area contributed by atoms with Crippen LogP contribution in [-0.4, -0.2) is 20.4 Å². The van der Waals surface area contributed by atoms with Crippen molar-refractivity contribution in [2.24, 2.45) is 13.0 Å². The molecule has 0 spiro atoms. The molecule has 0 aliphatic heterocycles. The predicted molar refractivity (Wildman–Crippen MR) is 101 cm³/mol. The van der Waals surface area contributed by atoms with Crippen LogP contribution in [0, 0.1) is 12.8 Å². The first-order valence-corrected chi connectivity index (χ1v) is 8.93. The Hall–Kier alpha value is -2.95. The normalized spacial score (nSPS) is 14.8. The summed E-state index contributed by atoms with van der Waals surface area (Å²) in [5.41, 5.74) is 3.75. The smallest absolute Gasteiger partial charge is 0.251 e. The molecule has 4 rings (SSSR count). The maximum Gasteiger partial charge on any atom is 0.251 e. The van der Waals surface area contributed by atoms with E-state index in [0.717, 1.165) is 35.5 Å². The van der Waals surface area contributed by atoms with Crippen molar-refractivity contribution in [3.05, 3.63) is 71.8 Å². The van der Waals surface area contributed by atoms with Crippen molar-refractivity contribution < 1.29 is 4.79 Å². The molecule has 5 nitrogen and oxygen atoms in total. The van der Waals surface area contributed by atoms with Crippen molar-refractivity contribution in [2.75, 3.05) is 0 Å². The van der Waals surface area contributed by atoms with E-state index in [1.54, 1.807) is 12.4 Å². The van der Waals surface area contributed by atoms with Crippen LogP contribution in [0.3, 0.4) is 0 Å². The minimum absolute atomic E-state index is 0.0158. The van der Waals surface area contributed by atoms with E-state index in [0.29, 0.717) is 11.5 Å². The predicted octanol–water partition coefficient (Wildman–Crippen LogP) is 3.67. The van der Waals surface area contributed by atoms with Gasteiger partial charge < -0.3 is 9.88 Å². The number of hydrogen-bond donors (Lipinski definition) is 1. The number of aryl methyl sites for hydroxylation is 2. The van der Waals surface area contributed by atoms with E-state index < -0.39 is 0 Å². The first-order chi connectivity index (χ1) is 12.6. The Bertz CT molecular complexity index is 925. The quantitative estimate of drug-likeness (QED) is 0.767. The van der Waals surface area contributed by atoms with Crippen LogP contribution >= 0.6 is 0 Å². The molecule has 1 atom stereocenters. The zero-order valence-corrected chi connectivity index (χ0v) is 15.0. The average molecular weight is 346 g/mol. The van der Waals surface area contributed by atoms with Crippen molar-refractivity contribution in [3.8, 4) is 11.4 Å². The van der Waals surface area contributed by atoms with Gasteiger partial charge in [-0.25, -0.2) is 4.98 Å². The fraction of sp³-hybridized carbons (Fsp3) is 0.286. The fourth-order valence-corrected chi connectivity index (χ4v) is 3.30. The average Bonchev–Trinajstić information content (AvgIpc) is 3.41. The maximum absolute atomic E-state index is 12.8. The van der Waals surface area contributed by atoms with Gasteiger partial charge in [-0.1, -0.05) is 18.2 Å². The number of carbonyl (C=O) groups is 1. The highest BCUT2D eigenvalue weighted by Crippen LogP contribution is 2.41. The number of carbonyl (C=O) groups excluding carboxylic acids is 1. The molecule has 1 saturated carbocycles. The van der Waals surface area contributed by atoms with Gasteiger partial charge in [0.15, 0.2) is 0 Å². The molecule has 1 aromatic carbocycles. The third-order valence-corrected chi connectivity index (χ3v) is 4.95. The molecule has 0 saturated heterocycles. The number of aromatic nitrogens is 3. The lowest BCUT2D eigenvalue weighted by molar-refractivity contribution is 0.0930. The fourth-order valence-electron chi connectivity index (χ4n) is 3.30. The summed E-state index contributed by atoms with van der Waals surface area (Å²) in [5, 5.41) is 3.20. The van der Waals surface area contributed by atoms with E-state index >= 15 is 0 Å². The molecular weight excluding hydrogens is 324 g/mol. The minimum Gasteiger partial charge on any atom is -0.343 e. The van der Waals surface area contributed by atoms with E-state index in [1.165, 1.54) is 0 Å². The van der Waals surface area contributed by atoms with Gasteiger partial charge in [0.2, 0.25) is 0 Å². The Balaban J connectivity index is 1.54. The van der Waals surface area contributed by atoms with Crippen LogP contribution in [0.5, 0.6) is 0 Å². The molecular formula is C21H22N4O. The van der Waals surface area contributed by atoms with Crippen molar-refractivity contribution in [1.82, 2.24) is 19.9 Å². The maximum atomic E-state index is 12.8. The lowest BCUT2D eigenvalue weighted by atomic mass is 10.0. The van der Waals surface area contributed by atoms with Gasteiger partial charge >= 0.3 is 0 Å². The van der Waals surface area contributed by atoms with Gasteiger partial charge in [0.25, 0.3) is 5.91 Å². The Morgan fingerprint density at radius 1 is 1.15 bits per heavy atom. The Morgan fingerprint density at radius 3 is 2.54 bits per heavy atom. The lowest BCUT2D eigenvalue weighted by Gasteiger charge is -2.19. The molecule has 26 heavy (non-hydrogen) atoms. The molecule has 0 unspecified atom stereocenters. The van der Waals surface area contributed by atoms with Gasteiger partial charge in [0.05, 0.1) is 11.7 Å². The Morgan fingerprint density at radius 2 is 1.92 bits per heavy atom. The van der Waals surface area contributed by atoms with Crippen molar-refractivity contribution >= 4 is 5.91 Å². The summed E-state index contributed by atoms with van der Waals surface area (Å²) in [7, 11) is 1.96. The summed E-state index contributed by atoms with van der Waals surface area (Å²) in [6.07, 6.45) is 7.75. The van der Waals surface area contributed by atoms with Crippen LogP contribution in [0.4, 0.5) is 0 Å². The molecule has 2 heterocycles. The van der Waals surface area contributed by atoms with E-state index in [4.69, 9.17) is 0 Å². The first-order valence-electron chi connectivity index (χ1n) is 8.93. The molecule has 1 aliphatic rings. The molecule has 2 aromatic heterocycles. The molecule has 1 N–H and O–H groups in total. The number of imidazole rings is 1. The van der Waals surface area contributed by atoms with Gasteiger partial charge in [0, 0.05) is 36.8 Å². The number of rotatable bonds is 5. The number of nitrogens with one attached hydrogen (secondary N) is 1. The third kappa shape index (κ3) is 3.25. The number of benzene rings is 1. The van der Waals surface area contributed by atoms with Crippen molar-refractivity contribution in [1.29, 1.82) is 0 Å². The molecule has 5 heteroatoms. The van der Waals surface area contributed by atoms with Crippen LogP contribution in [-0.2, 0) is 7.05 Å². The van der Waals surface area contributed by atoms with E-state index in [2.05, 4.69) is 15.3 Å². The summed E-state index contributed by atoms with van der Waals surface area (Å²) in [5.74, 6) is 1.31. The van der Waals surface area contributed by atoms with Crippen molar-refractivity contribution in [3.63, 3.8) is 0 Å². The Kier molecular flexibility index (Phi) is 4.29. The largest absolute Gasteiger partial charge is 0.343 e. The highest BCUT2D eigenvalue weighted by atomic mass is 16.1. The molecule has 1 fully saturated rings. The Labute approximate surface area is 153 Å². The second kappa shape index (κ2) is 6.75. The summed E-state index contributed by atoms with van der Waals surface area (Å²) < 4.78 is 1.96. The van der Waals surface area contributed by atoms with Crippen LogP contribution in [0.25, 0.3) is 11.4 Å². The number of nitrogens with zero attached hydrogens (tertiary/aromatic N) is 3. The topological polar surface area (TPSA) is 59.8 Å². The lowest BCUT2D eigenvalue weighted by Crippen LogP contribution is -2.31. The molecule has 0 radical (unpaired) electrons. The summed E-state index contributed by atoms with van der Waals surface area (Å²) in [6, 6.07) is 11.6. The standard InChI is InChI=1S/C21H22N4O/c1-14-4-3-11-22-18(14)19(15-5-6-15)24-21(26)17-9-7-16(8-10-17)20-23-12-13-25(20)2/h3-4,7-13,15,19H,5-6H2,1-2H3,(H,24,26)/t19-/m1/s1. The zero-order chi connectivity index (χ0) is 18.1. The minimum atomic E-state index is -0.0571. The monoisotopic (exact) mass is 346 g/mol. The first kappa shape index (κ1) is 16.5. The number of pyridine rings is 1.